The number of pyridine rings is 1. The van der Waals surface area contributed by atoms with E-state index in [9.17, 15) is 4.79 Å². The van der Waals surface area contributed by atoms with Gasteiger partial charge < -0.3 is 5.32 Å². The fourth-order valence-electron chi connectivity index (χ4n) is 1.45. The molecule has 0 saturated heterocycles. The van der Waals surface area contributed by atoms with Crippen LogP contribution in [0.1, 0.15) is 15.9 Å². The molecule has 0 aliphatic rings. The van der Waals surface area contributed by atoms with Crippen molar-refractivity contribution in [3.05, 3.63) is 62.8 Å². The zero-order valence-electron chi connectivity index (χ0n) is 9.36. The molecule has 92 valence electrons. The minimum atomic E-state index is -0.113. The summed E-state index contributed by atoms with van der Waals surface area (Å²) < 4.78 is 1.69. The average molecular weight is 370 g/mol. The van der Waals surface area contributed by atoms with Crippen LogP contribution >= 0.6 is 31.9 Å². The number of halogens is 2. The van der Waals surface area contributed by atoms with Crippen molar-refractivity contribution in [2.75, 3.05) is 0 Å². The summed E-state index contributed by atoms with van der Waals surface area (Å²) >= 11 is 6.72. The van der Waals surface area contributed by atoms with E-state index in [4.69, 9.17) is 0 Å². The molecule has 1 aromatic carbocycles. The van der Waals surface area contributed by atoms with Crippen molar-refractivity contribution in [3.63, 3.8) is 0 Å². The van der Waals surface area contributed by atoms with Gasteiger partial charge in [0.25, 0.3) is 5.91 Å². The van der Waals surface area contributed by atoms with Crippen molar-refractivity contribution in [1.82, 2.24) is 10.3 Å². The van der Waals surface area contributed by atoms with Crippen LogP contribution in [0.4, 0.5) is 0 Å². The van der Waals surface area contributed by atoms with Crippen LogP contribution in [0, 0.1) is 0 Å². The first-order valence-corrected chi connectivity index (χ1v) is 6.87. The lowest BCUT2D eigenvalue weighted by Crippen LogP contribution is -2.23. The van der Waals surface area contributed by atoms with E-state index in [1.165, 1.54) is 0 Å². The molecular weight excluding hydrogens is 360 g/mol. The topological polar surface area (TPSA) is 42.0 Å². The normalized spacial score (nSPS) is 10.1. The summed E-state index contributed by atoms with van der Waals surface area (Å²) in [4.78, 5) is 16.0. The number of benzene rings is 1. The highest BCUT2D eigenvalue weighted by Crippen LogP contribution is 2.21. The maximum atomic E-state index is 12.0. The molecule has 1 aromatic heterocycles. The van der Waals surface area contributed by atoms with Crippen LogP contribution in [0.15, 0.2) is 51.7 Å². The number of hydrogen-bond donors (Lipinski definition) is 1. The van der Waals surface area contributed by atoms with Gasteiger partial charge in [-0.25, -0.2) is 0 Å². The Morgan fingerprint density at radius 1 is 1.28 bits per heavy atom. The Labute approximate surface area is 122 Å². The highest BCUT2D eigenvalue weighted by molar-refractivity contribution is 9.11. The van der Waals surface area contributed by atoms with Gasteiger partial charge >= 0.3 is 0 Å². The maximum Gasteiger partial charge on any atom is 0.252 e. The Morgan fingerprint density at radius 3 is 2.78 bits per heavy atom. The third kappa shape index (κ3) is 3.40. The van der Waals surface area contributed by atoms with Crippen LogP contribution in [-0.4, -0.2) is 10.9 Å². The summed E-state index contributed by atoms with van der Waals surface area (Å²) in [5, 5.41) is 2.85. The molecule has 2 rings (SSSR count). The van der Waals surface area contributed by atoms with Gasteiger partial charge in [-0.05, 0) is 45.8 Å². The standard InChI is InChI=1S/C13H10Br2N2O/c14-10-3-4-11(12(15)6-10)13(18)17-8-9-2-1-5-16-7-9/h1-7H,8H2,(H,17,18). The molecule has 1 amide bonds. The zero-order valence-corrected chi connectivity index (χ0v) is 12.5. The Kier molecular flexibility index (Phi) is 4.49. The second-order valence-electron chi connectivity index (χ2n) is 3.67. The quantitative estimate of drug-likeness (QED) is 0.899. The van der Waals surface area contributed by atoms with E-state index in [1.54, 1.807) is 18.5 Å². The number of carbonyl (C=O) groups is 1. The molecule has 0 bridgehead atoms. The first-order chi connectivity index (χ1) is 8.66. The fourth-order valence-corrected chi connectivity index (χ4v) is 2.68. The highest BCUT2D eigenvalue weighted by Gasteiger charge is 2.09. The number of amides is 1. The van der Waals surface area contributed by atoms with Crippen molar-refractivity contribution >= 4 is 37.8 Å². The smallest absolute Gasteiger partial charge is 0.252 e. The van der Waals surface area contributed by atoms with Crippen molar-refractivity contribution in [1.29, 1.82) is 0 Å². The summed E-state index contributed by atoms with van der Waals surface area (Å²) in [5.41, 5.74) is 1.58. The van der Waals surface area contributed by atoms with Crippen molar-refractivity contribution in [2.24, 2.45) is 0 Å². The molecule has 5 heteroatoms. The number of aromatic nitrogens is 1. The lowest BCUT2D eigenvalue weighted by molar-refractivity contribution is 0.0950. The van der Waals surface area contributed by atoms with Gasteiger partial charge in [-0.3, -0.25) is 9.78 Å². The molecule has 0 atom stereocenters. The van der Waals surface area contributed by atoms with Crippen molar-refractivity contribution in [3.8, 4) is 0 Å². The predicted molar refractivity (Wildman–Crippen MR) is 77.2 cm³/mol. The molecule has 3 nitrogen and oxygen atoms in total. The van der Waals surface area contributed by atoms with Crippen LogP contribution in [0.5, 0.6) is 0 Å². The molecule has 0 saturated carbocycles. The van der Waals surface area contributed by atoms with Crippen LogP contribution < -0.4 is 5.32 Å². The van der Waals surface area contributed by atoms with Crippen molar-refractivity contribution in [2.45, 2.75) is 6.54 Å². The van der Waals surface area contributed by atoms with E-state index < -0.39 is 0 Å². The number of rotatable bonds is 3. The van der Waals surface area contributed by atoms with E-state index in [2.05, 4.69) is 42.2 Å². The van der Waals surface area contributed by atoms with E-state index in [1.807, 2.05) is 24.3 Å². The molecule has 1 N–H and O–H groups in total. The van der Waals surface area contributed by atoms with Crippen LogP contribution in [0.2, 0.25) is 0 Å². The molecule has 0 spiro atoms. The van der Waals surface area contributed by atoms with E-state index in [-0.39, 0.29) is 5.91 Å². The lowest BCUT2D eigenvalue weighted by Gasteiger charge is -2.07. The van der Waals surface area contributed by atoms with Gasteiger partial charge in [0.2, 0.25) is 0 Å². The third-order valence-corrected chi connectivity index (χ3v) is 3.50. The first kappa shape index (κ1) is 13.2. The minimum absolute atomic E-state index is 0.113. The summed E-state index contributed by atoms with van der Waals surface area (Å²) in [6.45, 7) is 0.467. The largest absolute Gasteiger partial charge is 0.348 e. The van der Waals surface area contributed by atoms with Gasteiger partial charge in [0.05, 0.1) is 5.56 Å². The molecule has 1 heterocycles. The third-order valence-electron chi connectivity index (χ3n) is 2.35. The molecule has 0 radical (unpaired) electrons. The summed E-state index contributed by atoms with van der Waals surface area (Å²) in [6.07, 6.45) is 3.44. The second-order valence-corrected chi connectivity index (χ2v) is 5.44. The fraction of sp³-hybridized carbons (Fsp3) is 0.0769. The Hall–Kier alpha value is -1.20. The van der Waals surface area contributed by atoms with Crippen LogP contribution in [0.25, 0.3) is 0 Å². The van der Waals surface area contributed by atoms with Crippen LogP contribution in [0.3, 0.4) is 0 Å². The maximum absolute atomic E-state index is 12.0. The number of nitrogens with one attached hydrogen (secondary N) is 1. The zero-order chi connectivity index (χ0) is 13.0. The molecule has 0 fully saturated rings. The second kappa shape index (κ2) is 6.11. The first-order valence-electron chi connectivity index (χ1n) is 5.29. The van der Waals surface area contributed by atoms with E-state index in [0.29, 0.717) is 12.1 Å². The Morgan fingerprint density at radius 2 is 2.11 bits per heavy atom. The molecule has 2 aromatic rings. The SMILES string of the molecule is O=C(NCc1cccnc1)c1ccc(Br)cc1Br. The molecule has 0 aliphatic heterocycles. The summed E-state index contributed by atoms with van der Waals surface area (Å²) in [5.74, 6) is -0.113. The number of carbonyl (C=O) groups excluding carboxylic acids is 1. The predicted octanol–water partition coefficient (Wildman–Crippen LogP) is 3.54. The molecule has 0 aliphatic carbocycles. The molecule has 18 heavy (non-hydrogen) atoms. The monoisotopic (exact) mass is 368 g/mol. The number of nitrogens with zero attached hydrogens (tertiary/aromatic N) is 1. The summed E-state index contributed by atoms with van der Waals surface area (Å²) in [7, 11) is 0. The van der Waals surface area contributed by atoms with Gasteiger partial charge in [-0.15, -0.1) is 0 Å². The van der Waals surface area contributed by atoms with Crippen LogP contribution in [-0.2, 0) is 6.54 Å². The Bertz CT molecular complexity index is 558. The average Bonchev–Trinajstić information content (AvgIpc) is 2.37. The van der Waals surface area contributed by atoms with E-state index in [0.717, 1.165) is 14.5 Å². The summed E-state index contributed by atoms with van der Waals surface area (Å²) in [6, 6.07) is 9.22. The van der Waals surface area contributed by atoms with Crippen molar-refractivity contribution < 1.29 is 4.79 Å². The lowest BCUT2D eigenvalue weighted by atomic mass is 10.2. The molecular formula is C13H10Br2N2O. The van der Waals surface area contributed by atoms with Gasteiger partial charge in [0.15, 0.2) is 0 Å². The minimum Gasteiger partial charge on any atom is -0.348 e. The molecule has 0 unspecified atom stereocenters. The van der Waals surface area contributed by atoms with Gasteiger partial charge in [-0.1, -0.05) is 22.0 Å². The number of hydrogen-bond acceptors (Lipinski definition) is 2. The Balaban J connectivity index is 2.04. The van der Waals surface area contributed by atoms with Gasteiger partial charge in [-0.2, -0.15) is 0 Å². The van der Waals surface area contributed by atoms with Gasteiger partial charge in [0.1, 0.15) is 0 Å². The van der Waals surface area contributed by atoms with E-state index >= 15 is 0 Å². The van der Waals surface area contributed by atoms with Gasteiger partial charge in [0, 0.05) is 27.9 Å². The highest BCUT2D eigenvalue weighted by atomic mass is 79.9.